The maximum Gasteiger partial charge on any atom is 0.408 e. The lowest BCUT2D eigenvalue weighted by Crippen LogP contribution is -2.64. The number of piperidine rings is 1. The number of fused-ring (bicyclic) bond motifs is 3. The number of rotatable bonds is 8. The highest BCUT2D eigenvalue weighted by Gasteiger charge is 2.46. The summed E-state index contributed by atoms with van der Waals surface area (Å²) in [7, 11) is 0. The van der Waals surface area contributed by atoms with Crippen LogP contribution in [0.2, 0.25) is 0 Å². The molecule has 3 aromatic rings. The summed E-state index contributed by atoms with van der Waals surface area (Å²) in [4.78, 5) is 41.3. The van der Waals surface area contributed by atoms with Crippen LogP contribution in [-0.4, -0.2) is 59.3 Å². The van der Waals surface area contributed by atoms with E-state index in [1.54, 1.807) is 0 Å². The van der Waals surface area contributed by atoms with Crippen molar-refractivity contribution in [3.63, 3.8) is 0 Å². The van der Waals surface area contributed by atoms with Crippen molar-refractivity contribution in [1.82, 2.24) is 15.5 Å². The number of carboxylic acid groups (broad SMARTS) is 1. The Morgan fingerprint density at radius 1 is 0.857 bits per heavy atom. The molecule has 0 aromatic heterocycles. The number of alkyl carbamates (subject to hydrolysis) is 1. The molecule has 0 bridgehead atoms. The van der Waals surface area contributed by atoms with Gasteiger partial charge in [0.1, 0.15) is 12.1 Å². The molecule has 3 aliphatic rings. The van der Waals surface area contributed by atoms with Crippen molar-refractivity contribution in [1.29, 1.82) is 0 Å². The number of carbonyl (C=O) groups is 3. The summed E-state index contributed by atoms with van der Waals surface area (Å²) in [6.07, 6.45) is 2.08. The molecule has 1 saturated carbocycles. The normalized spacial score (nSPS) is 21.2. The third kappa shape index (κ3) is 5.63. The maximum atomic E-state index is 13.8. The van der Waals surface area contributed by atoms with Gasteiger partial charge in [-0.1, -0.05) is 85.3 Å². The van der Waals surface area contributed by atoms with Gasteiger partial charge in [0.15, 0.2) is 0 Å². The first-order valence-electron chi connectivity index (χ1n) is 14.9. The zero-order valence-corrected chi connectivity index (χ0v) is 23.6. The quantitative estimate of drug-likeness (QED) is 0.356. The van der Waals surface area contributed by atoms with Crippen LogP contribution < -0.4 is 10.6 Å². The molecule has 218 valence electrons. The lowest BCUT2D eigenvalue weighted by molar-refractivity contribution is -0.142. The van der Waals surface area contributed by atoms with E-state index in [1.165, 1.54) is 5.56 Å². The minimum atomic E-state index is -1.18. The summed E-state index contributed by atoms with van der Waals surface area (Å²) in [6, 6.07) is 26.0. The van der Waals surface area contributed by atoms with E-state index in [0.29, 0.717) is 38.8 Å². The number of likely N-dealkylation sites (tertiary alicyclic amines) is 1. The zero-order chi connectivity index (χ0) is 29.1. The van der Waals surface area contributed by atoms with Crippen molar-refractivity contribution in [2.24, 2.45) is 5.92 Å². The molecule has 2 unspecified atom stereocenters. The van der Waals surface area contributed by atoms with E-state index >= 15 is 0 Å². The van der Waals surface area contributed by atoms with Gasteiger partial charge < -0.3 is 20.5 Å². The van der Waals surface area contributed by atoms with Crippen molar-refractivity contribution >= 4 is 18.0 Å². The van der Waals surface area contributed by atoms with Gasteiger partial charge in [0.2, 0.25) is 5.91 Å². The van der Waals surface area contributed by atoms with E-state index in [0.717, 1.165) is 35.2 Å². The van der Waals surface area contributed by atoms with Crippen LogP contribution in [0.25, 0.3) is 11.1 Å². The number of ether oxygens (including phenoxy) is 1. The molecule has 8 heteroatoms. The second-order valence-electron chi connectivity index (χ2n) is 11.7. The van der Waals surface area contributed by atoms with Crippen LogP contribution in [0.15, 0.2) is 78.9 Å². The Balaban J connectivity index is 1.16. The first kappa shape index (κ1) is 28.0. The van der Waals surface area contributed by atoms with Crippen molar-refractivity contribution in [3.8, 4) is 11.1 Å². The van der Waals surface area contributed by atoms with Gasteiger partial charge in [-0.05, 0) is 53.5 Å². The highest BCUT2D eigenvalue weighted by atomic mass is 16.5. The van der Waals surface area contributed by atoms with Gasteiger partial charge in [-0.3, -0.25) is 14.5 Å². The fourth-order valence-corrected chi connectivity index (χ4v) is 6.91. The second kappa shape index (κ2) is 12.0. The lowest BCUT2D eigenvalue weighted by Gasteiger charge is -2.41. The Morgan fingerprint density at radius 3 is 2.12 bits per heavy atom. The van der Waals surface area contributed by atoms with Gasteiger partial charge in [-0.2, -0.15) is 0 Å². The summed E-state index contributed by atoms with van der Waals surface area (Å²) in [5.41, 5.74) is 4.54. The molecule has 2 atom stereocenters. The number of hydrogen-bond donors (Lipinski definition) is 3. The van der Waals surface area contributed by atoms with E-state index in [1.807, 2.05) is 42.5 Å². The van der Waals surface area contributed by atoms with Crippen molar-refractivity contribution in [3.05, 3.63) is 95.6 Å². The maximum absolute atomic E-state index is 13.8. The third-order valence-corrected chi connectivity index (χ3v) is 9.23. The van der Waals surface area contributed by atoms with Gasteiger partial charge in [-0.15, -0.1) is 0 Å². The van der Waals surface area contributed by atoms with Crippen molar-refractivity contribution in [2.45, 2.75) is 56.1 Å². The molecule has 2 fully saturated rings. The van der Waals surface area contributed by atoms with Gasteiger partial charge >= 0.3 is 12.1 Å². The summed E-state index contributed by atoms with van der Waals surface area (Å²) in [6.45, 7) is 2.13. The van der Waals surface area contributed by atoms with Crippen LogP contribution in [0.4, 0.5) is 4.79 Å². The zero-order valence-electron chi connectivity index (χ0n) is 23.6. The Kier molecular flexibility index (Phi) is 7.98. The predicted molar refractivity (Wildman–Crippen MR) is 159 cm³/mol. The van der Waals surface area contributed by atoms with E-state index in [2.05, 4.69) is 51.9 Å². The lowest BCUT2D eigenvalue weighted by atomic mass is 9.85. The Bertz CT molecular complexity index is 1400. The molecule has 1 heterocycles. The van der Waals surface area contributed by atoms with Crippen LogP contribution in [-0.2, 0) is 20.9 Å². The van der Waals surface area contributed by atoms with E-state index in [4.69, 9.17) is 4.74 Å². The molecule has 0 radical (unpaired) electrons. The van der Waals surface area contributed by atoms with E-state index < -0.39 is 29.6 Å². The summed E-state index contributed by atoms with van der Waals surface area (Å²) >= 11 is 0. The smallest absolute Gasteiger partial charge is 0.408 e. The molecule has 6 rings (SSSR count). The molecule has 1 saturated heterocycles. The van der Waals surface area contributed by atoms with E-state index in [9.17, 15) is 19.5 Å². The Labute approximate surface area is 246 Å². The van der Waals surface area contributed by atoms with Gasteiger partial charge in [0.05, 0.1) is 5.92 Å². The number of benzene rings is 3. The van der Waals surface area contributed by atoms with Gasteiger partial charge in [0.25, 0.3) is 0 Å². The molecular formula is C34H37N3O5. The number of nitrogens with zero attached hydrogens (tertiary/aromatic N) is 1. The minimum absolute atomic E-state index is 0.0875. The molecule has 2 amide bonds. The molecule has 8 nitrogen and oxygen atoms in total. The van der Waals surface area contributed by atoms with E-state index in [-0.39, 0.29) is 18.4 Å². The van der Waals surface area contributed by atoms with Crippen molar-refractivity contribution in [2.75, 3.05) is 19.7 Å². The fraction of sp³-hybridized carbons (Fsp3) is 0.382. The largest absolute Gasteiger partial charge is 0.481 e. The molecule has 2 aliphatic carbocycles. The van der Waals surface area contributed by atoms with Crippen LogP contribution in [0.5, 0.6) is 0 Å². The average molecular weight is 568 g/mol. The topological polar surface area (TPSA) is 108 Å². The van der Waals surface area contributed by atoms with Crippen molar-refractivity contribution < 1.29 is 24.2 Å². The van der Waals surface area contributed by atoms with Crippen LogP contribution in [0.3, 0.4) is 0 Å². The van der Waals surface area contributed by atoms with Gasteiger partial charge in [-0.25, -0.2) is 4.79 Å². The number of carboxylic acids is 1. The summed E-state index contributed by atoms with van der Waals surface area (Å²) < 4.78 is 5.83. The third-order valence-electron chi connectivity index (χ3n) is 9.23. The Morgan fingerprint density at radius 2 is 1.48 bits per heavy atom. The fourth-order valence-electron chi connectivity index (χ4n) is 6.91. The minimum Gasteiger partial charge on any atom is -0.481 e. The highest BCUT2D eigenvalue weighted by molar-refractivity contribution is 5.91. The molecule has 0 spiro atoms. The highest BCUT2D eigenvalue weighted by Crippen LogP contribution is 2.44. The first-order chi connectivity index (χ1) is 20.4. The number of carbonyl (C=O) groups excluding carboxylic acids is 2. The summed E-state index contributed by atoms with van der Waals surface area (Å²) in [5.74, 6) is -1.92. The summed E-state index contributed by atoms with van der Waals surface area (Å²) in [5, 5.41) is 15.6. The SMILES string of the molecule is O=C(NC1(C(=O)NC2CCCC2C(=O)O)CCN(Cc2ccccc2)CC1)OCC1c2ccccc2-c2ccccc21. The molecular weight excluding hydrogens is 530 g/mol. The molecule has 3 aromatic carbocycles. The monoisotopic (exact) mass is 567 g/mol. The number of amides is 2. The standard InChI is InChI=1S/C34H37N3O5/c38-31(39)28-15-8-16-30(28)35-32(40)34(17-19-37(20-18-34)21-23-9-2-1-3-10-23)36-33(41)42-22-29-26-13-6-4-11-24(26)25-12-5-7-14-27(25)29/h1-7,9-14,28-30H,8,15-22H2,(H,35,40)(H,36,41)(H,38,39). The van der Waals surface area contributed by atoms with Crippen LogP contribution in [0, 0.1) is 5.92 Å². The predicted octanol–water partition coefficient (Wildman–Crippen LogP) is 4.93. The second-order valence-corrected chi connectivity index (χ2v) is 11.7. The van der Waals surface area contributed by atoms with Crippen LogP contribution >= 0.6 is 0 Å². The first-order valence-corrected chi connectivity index (χ1v) is 14.9. The molecule has 3 N–H and O–H groups in total. The number of aliphatic carboxylic acids is 1. The Hall–Kier alpha value is -4.17. The number of hydrogen-bond acceptors (Lipinski definition) is 5. The van der Waals surface area contributed by atoms with Crippen LogP contribution in [0.1, 0.15) is 54.7 Å². The number of nitrogens with one attached hydrogen (secondary N) is 2. The van der Waals surface area contributed by atoms with Gasteiger partial charge in [0, 0.05) is 31.6 Å². The molecule has 42 heavy (non-hydrogen) atoms. The molecule has 1 aliphatic heterocycles. The average Bonchev–Trinajstić information content (AvgIpc) is 3.60.